The van der Waals surface area contributed by atoms with Crippen LogP contribution in [-0.4, -0.2) is 42.4 Å². The highest BCUT2D eigenvalue weighted by molar-refractivity contribution is 6.30. The van der Waals surface area contributed by atoms with E-state index in [1.165, 1.54) is 12.8 Å². The van der Waals surface area contributed by atoms with Gasteiger partial charge in [-0.3, -0.25) is 0 Å². The quantitative estimate of drug-likeness (QED) is 0.823. The fourth-order valence-electron chi connectivity index (χ4n) is 2.79. The molecule has 0 saturated carbocycles. The molecule has 1 fully saturated rings. The monoisotopic (exact) mass is 347 g/mol. The minimum Gasteiger partial charge on any atom is -0.487 e. The fourth-order valence-corrected chi connectivity index (χ4v) is 2.91. The summed E-state index contributed by atoms with van der Waals surface area (Å²) >= 11 is 5.89. The van der Waals surface area contributed by atoms with Gasteiger partial charge in [0, 0.05) is 11.6 Å². The number of hydrogen-bond donors (Lipinski definition) is 1. The predicted molar refractivity (Wildman–Crippen MR) is 95.1 cm³/mol. The van der Waals surface area contributed by atoms with Crippen LogP contribution < -0.4 is 9.47 Å². The van der Waals surface area contributed by atoms with Crippen LogP contribution in [0, 0.1) is 0 Å². The lowest BCUT2D eigenvalue weighted by molar-refractivity contribution is 0.0749. The molecule has 128 valence electrons. The Labute approximate surface area is 147 Å². The second kappa shape index (κ2) is 8.38. The lowest BCUT2D eigenvalue weighted by Gasteiger charge is -2.20. The van der Waals surface area contributed by atoms with Crippen molar-refractivity contribution < 1.29 is 14.6 Å². The number of aliphatic hydroxyl groups is 1. The van der Waals surface area contributed by atoms with Crippen LogP contribution in [-0.2, 0) is 0 Å². The maximum atomic E-state index is 10.2. The van der Waals surface area contributed by atoms with Crippen molar-refractivity contribution in [2.24, 2.45) is 0 Å². The smallest absolute Gasteiger partial charge is 0.169 e. The number of ether oxygens (including phenoxy) is 2. The number of benzene rings is 2. The highest BCUT2D eigenvalue weighted by Gasteiger charge is 2.16. The zero-order valence-corrected chi connectivity index (χ0v) is 14.3. The molecule has 0 spiro atoms. The van der Waals surface area contributed by atoms with E-state index in [9.17, 15) is 5.11 Å². The van der Waals surface area contributed by atoms with Crippen LogP contribution in [0.15, 0.2) is 48.5 Å². The summed E-state index contributed by atoms with van der Waals surface area (Å²) in [6.45, 7) is 3.03. The van der Waals surface area contributed by atoms with Gasteiger partial charge in [-0.1, -0.05) is 23.7 Å². The SMILES string of the molecule is OC(COc1ccccc1Oc1ccc(Cl)cc1)CN1CCCC1. The van der Waals surface area contributed by atoms with E-state index >= 15 is 0 Å². The van der Waals surface area contributed by atoms with Crippen LogP contribution >= 0.6 is 11.6 Å². The molecular weight excluding hydrogens is 326 g/mol. The lowest BCUT2D eigenvalue weighted by atomic mass is 10.3. The summed E-state index contributed by atoms with van der Waals surface area (Å²) in [6, 6.07) is 14.6. The topological polar surface area (TPSA) is 41.9 Å². The van der Waals surface area contributed by atoms with Gasteiger partial charge in [-0.15, -0.1) is 0 Å². The van der Waals surface area contributed by atoms with E-state index in [1.54, 1.807) is 24.3 Å². The summed E-state index contributed by atoms with van der Waals surface area (Å²) in [4.78, 5) is 2.27. The average Bonchev–Trinajstić information content (AvgIpc) is 3.09. The molecule has 0 radical (unpaired) electrons. The zero-order chi connectivity index (χ0) is 16.8. The molecule has 1 aliphatic heterocycles. The minimum absolute atomic E-state index is 0.248. The fraction of sp³-hybridized carbons (Fsp3) is 0.368. The summed E-state index contributed by atoms with van der Waals surface area (Å²) < 4.78 is 11.6. The van der Waals surface area contributed by atoms with Crippen LogP contribution in [0.2, 0.25) is 5.02 Å². The van der Waals surface area contributed by atoms with Crippen molar-refractivity contribution in [2.45, 2.75) is 18.9 Å². The van der Waals surface area contributed by atoms with Gasteiger partial charge in [-0.05, 0) is 62.3 Å². The zero-order valence-electron chi connectivity index (χ0n) is 13.5. The molecule has 1 unspecified atom stereocenters. The van der Waals surface area contributed by atoms with Crippen molar-refractivity contribution in [3.05, 3.63) is 53.6 Å². The first kappa shape index (κ1) is 17.1. The molecule has 0 aromatic heterocycles. The van der Waals surface area contributed by atoms with Crippen LogP contribution in [0.5, 0.6) is 17.2 Å². The van der Waals surface area contributed by atoms with E-state index in [2.05, 4.69) is 4.90 Å². The van der Waals surface area contributed by atoms with Gasteiger partial charge in [0.05, 0.1) is 0 Å². The summed E-state index contributed by atoms with van der Waals surface area (Å²) in [5.41, 5.74) is 0. The van der Waals surface area contributed by atoms with E-state index in [0.29, 0.717) is 28.8 Å². The highest BCUT2D eigenvalue weighted by Crippen LogP contribution is 2.31. The van der Waals surface area contributed by atoms with Gasteiger partial charge in [0.25, 0.3) is 0 Å². The molecule has 5 heteroatoms. The first-order chi connectivity index (χ1) is 11.7. The van der Waals surface area contributed by atoms with Crippen LogP contribution in [0.3, 0.4) is 0 Å². The van der Waals surface area contributed by atoms with E-state index in [1.807, 2.05) is 24.3 Å². The molecule has 2 aromatic carbocycles. The molecule has 3 rings (SSSR count). The molecule has 1 atom stereocenters. The number of aliphatic hydroxyl groups excluding tert-OH is 1. The normalized spacial score (nSPS) is 16.1. The minimum atomic E-state index is -0.508. The molecule has 1 heterocycles. The Bertz CT molecular complexity index is 641. The lowest BCUT2D eigenvalue weighted by Crippen LogP contribution is -2.33. The maximum Gasteiger partial charge on any atom is 0.169 e. The first-order valence-corrected chi connectivity index (χ1v) is 8.64. The number of β-amino-alcohol motifs (C(OH)–C–C–N with tert-alkyl or cyclic N) is 1. The third-order valence-electron chi connectivity index (χ3n) is 3.99. The third-order valence-corrected chi connectivity index (χ3v) is 4.24. The van der Waals surface area contributed by atoms with Crippen molar-refractivity contribution in [2.75, 3.05) is 26.2 Å². The van der Waals surface area contributed by atoms with E-state index in [-0.39, 0.29) is 6.61 Å². The molecule has 4 nitrogen and oxygen atoms in total. The number of rotatable bonds is 7. The largest absolute Gasteiger partial charge is 0.487 e. The van der Waals surface area contributed by atoms with Crippen molar-refractivity contribution in [3.8, 4) is 17.2 Å². The van der Waals surface area contributed by atoms with Crippen molar-refractivity contribution >= 4 is 11.6 Å². The van der Waals surface area contributed by atoms with Gasteiger partial charge in [0.15, 0.2) is 11.5 Å². The Kier molecular flexibility index (Phi) is 5.96. The van der Waals surface area contributed by atoms with Gasteiger partial charge in [0.2, 0.25) is 0 Å². The Morgan fingerprint density at radius 1 is 1.00 bits per heavy atom. The van der Waals surface area contributed by atoms with Gasteiger partial charge >= 0.3 is 0 Å². The van der Waals surface area contributed by atoms with E-state index in [0.717, 1.165) is 13.1 Å². The summed E-state index contributed by atoms with van der Waals surface area (Å²) in [7, 11) is 0. The second-order valence-electron chi connectivity index (χ2n) is 5.98. The first-order valence-electron chi connectivity index (χ1n) is 8.26. The molecule has 0 bridgehead atoms. The molecule has 24 heavy (non-hydrogen) atoms. The van der Waals surface area contributed by atoms with Gasteiger partial charge in [0.1, 0.15) is 18.5 Å². The number of para-hydroxylation sites is 2. The average molecular weight is 348 g/mol. The Hall–Kier alpha value is -1.75. The maximum absolute atomic E-state index is 10.2. The van der Waals surface area contributed by atoms with Crippen molar-refractivity contribution in [1.29, 1.82) is 0 Å². The van der Waals surface area contributed by atoms with E-state index in [4.69, 9.17) is 21.1 Å². The van der Waals surface area contributed by atoms with Gasteiger partial charge < -0.3 is 19.5 Å². The Balaban J connectivity index is 1.58. The molecule has 1 saturated heterocycles. The summed E-state index contributed by atoms with van der Waals surface area (Å²) in [5, 5.41) is 10.8. The molecule has 0 aliphatic carbocycles. The summed E-state index contributed by atoms with van der Waals surface area (Å²) in [5.74, 6) is 1.93. The predicted octanol–water partition coefficient (Wildman–Crippen LogP) is 3.97. The number of nitrogens with zero attached hydrogens (tertiary/aromatic N) is 1. The van der Waals surface area contributed by atoms with Crippen molar-refractivity contribution in [1.82, 2.24) is 4.90 Å². The Morgan fingerprint density at radius 3 is 2.38 bits per heavy atom. The molecule has 2 aromatic rings. The van der Waals surface area contributed by atoms with Crippen molar-refractivity contribution in [3.63, 3.8) is 0 Å². The van der Waals surface area contributed by atoms with Crippen LogP contribution in [0.4, 0.5) is 0 Å². The molecule has 0 amide bonds. The van der Waals surface area contributed by atoms with Gasteiger partial charge in [-0.25, -0.2) is 0 Å². The van der Waals surface area contributed by atoms with Crippen LogP contribution in [0.25, 0.3) is 0 Å². The number of halogens is 1. The third kappa shape index (κ3) is 4.87. The Morgan fingerprint density at radius 2 is 1.67 bits per heavy atom. The van der Waals surface area contributed by atoms with Crippen LogP contribution in [0.1, 0.15) is 12.8 Å². The summed E-state index contributed by atoms with van der Waals surface area (Å²) in [6.07, 6.45) is 1.92. The second-order valence-corrected chi connectivity index (χ2v) is 6.41. The van der Waals surface area contributed by atoms with E-state index < -0.39 is 6.10 Å². The number of hydrogen-bond acceptors (Lipinski definition) is 4. The number of likely N-dealkylation sites (tertiary alicyclic amines) is 1. The van der Waals surface area contributed by atoms with Gasteiger partial charge in [-0.2, -0.15) is 0 Å². The molecule has 1 N–H and O–H groups in total. The highest BCUT2D eigenvalue weighted by atomic mass is 35.5. The standard InChI is InChI=1S/C19H22ClNO3/c20-15-7-9-17(10-8-15)24-19-6-2-1-5-18(19)23-14-16(22)13-21-11-3-4-12-21/h1-2,5-10,16,22H,3-4,11-14H2. The molecular formula is C19H22ClNO3. The molecule has 1 aliphatic rings.